The van der Waals surface area contributed by atoms with Gasteiger partial charge < -0.3 is 8.75 Å². The molecule has 4 aromatic rings. The van der Waals surface area contributed by atoms with Gasteiger partial charge in [-0.25, -0.2) is 4.68 Å². The van der Waals surface area contributed by atoms with E-state index >= 15 is 0 Å². The van der Waals surface area contributed by atoms with Crippen molar-refractivity contribution in [3.63, 3.8) is 0 Å². The Morgan fingerprint density at radius 1 is 1.05 bits per heavy atom. The number of rotatable bonds is 6. The number of aryl methyl sites for hydroxylation is 2. The maximum absolute atomic E-state index is 13.7. The summed E-state index contributed by atoms with van der Waals surface area (Å²) < 4.78 is 34.3. The number of hydrogen-bond donors (Lipinski definition) is 0. The van der Waals surface area contributed by atoms with Crippen LogP contribution in [-0.2, 0) is 17.2 Å². The lowest BCUT2D eigenvalue weighted by Crippen LogP contribution is -2.30. The van der Waals surface area contributed by atoms with Gasteiger partial charge in [-0.05, 0) is 38.8 Å². The van der Waals surface area contributed by atoms with Crippen molar-refractivity contribution in [1.29, 1.82) is 0 Å². The van der Waals surface area contributed by atoms with Crippen molar-refractivity contribution in [1.82, 2.24) is 14.3 Å². The normalized spacial score (nSPS) is 13.6. The molecule has 1 aliphatic rings. The van der Waals surface area contributed by atoms with E-state index in [1.807, 2.05) is 0 Å². The maximum Gasteiger partial charge on any atom is 0.339 e. The average Bonchev–Trinajstić information content (AvgIpc) is 3.71. The van der Waals surface area contributed by atoms with Crippen molar-refractivity contribution in [2.45, 2.75) is 37.6 Å². The second-order valence-electron chi connectivity index (χ2n) is 9.03. The minimum absolute atomic E-state index is 0.0205. The highest BCUT2D eigenvalue weighted by Crippen LogP contribution is 2.37. The van der Waals surface area contributed by atoms with Gasteiger partial charge in [-0.2, -0.15) is 13.5 Å². The van der Waals surface area contributed by atoms with Gasteiger partial charge in [0.15, 0.2) is 5.75 Å². The van der Waals surface area contributed by atoms with Crippen LogP contribution in [0.15, 0.2) is 63.0 Å². The van der Waals surface area contributed by atoms with Crippen LogP contribution >= 0.6 is 0 Å². The molecule has 2 aromatic carbocycles. The van der Waals surface area contributed by atoms with Crippen LogP contribution in [0.5, 0.6) is 5.75 Å². The molecule has 1 aliphatic carbocycles. The number of aromatic nitrogens is 3. The third kappa shape index (κ3) is 4.18. The number of nitro benzene ring substituents is 1. The monoisotopic (exact) mass is 522 g/mol. The number of nitro groups is 1. The molecule has 1 saturated carbocycles. The fourth-order valence-corrected chi connectivity index (χ4v) is 5.19. The van der Waals surface area contributed by atoms with Gasteiger partial charge in [-0.15, -0.1) is 0 Å². The van der Waals surface area contributed by atoms with Gasteiger partial charge in [0.1, 0.15) is 16.0 Å². The van der Waals surface area contributed by atoms with Crippen molar-refractivity contribution >= 4 is 26.7 Å². The number of benzene rings is 2. The molecule has 5 rings (SSSR count). The quantitative estimate of drug-likeness (QED) is 0.213. The summed E-state index contributed by atoms with van der Waals surface area (Å²) in [6.45, 7) is 3.19. The lowest BCUT2D eigenvalue weighted by Gasteiger charge is -2.18. The Morgan fingerprint density at radius 2 is 1.73 bits per heavy atom. The van der Waals surface area contributed by atoms with Gasteiger partial charge in [-0.3, -0.25) is 19.7 Å². The molecular weight excluding hydrogens is 500 g/mol. The second-order valence-corrected chi connectivity index (χ2v) is 10.6. The molecule has 0 bridgehead atoms. The predicted octanol–water partition coefficient (Wildman–Crippen LogP) is 3.39. The smallest absolute Gasteiger partial charge is 0.339 e. The van der Waals surface area contributed by atoms with Crippen molar-refractivity contribution < 1.29 is 17.5 Å². The first-order valence-corrected chi connectivity index (χ1v) is 12.8. The largest absolute Gasteiger partial charge is 0.378 e. The van der Waals surface area contributed by atoms with Crippen LogP contribution in [0.25, 0.3) is 22.2 Å². The minimum Gasteiger partial charge on any atom is -0.378 e. The fourth-order valence-electron chi connectivity index (χ4n) is 4.20. The number of pyridine rings is 1. The van der Waals surface area contributed by atoms with Crippen molar-refractivity contribution in [3.05, 3.63) is 90.5 Å². The molecule has 1 fully saturated rings. The summed E-state index contributed by atoms with van der Waals surface area (Å²) in [5.74, 6) is -0.382. The molecule has 2 heterocycles. The van der Waals surface area contributed by atoms with Gasteiger partial charge in [0.05, 0.1) is 22.0 Å². The lowest BCUT2D eigenvalue weighted by molar-refractivity contribution is -0.384. The van der Waals surface area contributed by atoms with E-state index in [0.717, 1.165) is 5.56 Å². The summed E-state index contributed by atoms with van der Waals surface area (Å²) >= 11 is 0. The van der Waals surface area contributed by atoms with E-state index in [2.05, 4.69) is 5.10 Å². The zero-order valence-electron chi connectivity index (χ0n) is 20.2. The summed E-state index contributed by atoms with van der Waals surface area (Å²) in [4.78, 5) is 37.6. The Hall–Kier alpha value is -4.32. The van der Waals surface area contributed by atoms with Gasteiger partial charge in [0, 0.05) is 24.7 Å². The topological polar surface area (TPSA) is 143 Å². The van der Waals surface area contributed by atoms with Crippen LogP contribution < -0.4 is 15.3 Å². The van der Waals surface area contributed by atoms with Crippen LogP contribution in [0.2, 0.25) is 0 Å². The first-order valence-electron chi connectivity index (χ1n) is 11.4. The molecule has 0 spiro atoms. The molecule has 37 heavy (non-hydrogen) atoms. The van der Waals surface area contributed by atoms with Crippen LogP contribution in [0.4, 0.5) is 5.69 Å². The molecule has 11 nitrogen and oxygen atoms in total. The Labute approximate surface area is 210 Å². The molecule has 0 amide bonds. The minimum atomic E-state index is -4.41. The molecule has 2 aromatic heterocycles. The van der Waals surface area contributed by atoms with Crippen molar-refractivity contribution in [3.8, 4) is 17.0 Å². The van der Waals surface area contributed by atoms with Crippen molar-refractivity contribution in [2.24, 2.45) is 7.05 Å². The maximum atomic E-state index is 13.7. The van der Waals surface area contributed by atoms with Gasteiger partial charge in [0.2, 0.25) is 0 Å². The highest BCUT2D eigenvalue weighted by Gasteiger charge is 2.32. The Morgan fingerprint density at radius 3 is 2.35 bits per heavy atom. The molecule has 12 heteroatoms. The first-order chi connectivity index (χ1) is 17.5. The number of non-ortho nitro benzene ring substituents is 1. The number of nitrogens with zero attached hydrogens (tertiary/aromatic N) is 4. The molecule has 0 unspecified atom stereocenters. The predicted molar refractivity (Wildman–Crippen MR) is 135 cm³/mol. The van der Waals surface area contributed by atoms with Gasteiger partial charge in [0.25, 0.3) is 16.8 Å². The van der Waals surface area contributed by atoms with E-state index in [4.69, 9.17) is 4.18 Å². The molecule has 0 atom stereocenters. The molecule has 190 valence electrons. The molecule has 0 radical (unpaired) electrons. The summed E-state index contributed by atoms with van der Waals surface area (Å²) in [5.41, 5.74) is -0.199. The second kappa shape index (κ2) is 8.66. The Balaban J connectivity index is 1.86. The summed E-state index contributed by atoms with van der Waals surface area (Å²) in [7, 11) is -2.98. The zero-order chi connectivity index (χ0) is 26.6. The van der Waals surface area contributed by atoms with Crippen LogP contribution in [0, 0.1) is 24.0 Å². The standard InChI is InChI=1S/C25H22N4O7S/c1-14-7-11-19(12-8-14)37(34,35)36-23-15(2)24(30)27(3)22-20(23)25(31)28(17-9-10-17)26-21(22)16-5-4-6-18(13-16)29(32)33/h4-8,11-13,17H,9-10H2,1-3H3. The molecule has 0 aliphatic heterocycles. The van der Waals surface area contributed by atoms with E-state index in [1.165, 1.54) is 53.6 Å². The van der Waals surface area contributed by atoms with Gasteiger partial charge >= 0.3 is 10.1 Å². The van der Waals surface area contributed by atoms with Crippen LogP contribution in [-0.4, -0.2) is 27.7 Å². The Bertz CT molecular complexity index is 1820. The van der Waals surface area contributed by atoms with E-state index in [-0.39, 0.29) is 44.5 Å². The van der Waals surface area contributed by atoms with E-state index in [1.54, 1.807) is 25.1 Å². The highest BCUT2D eigenvalue weighted by molar-refractivity contribution is 7.87. The third-order valence-electron chi connectivity index (χ3n) is 6.35. The fraction of sp³-hybridized carbons (Fsp3) is 0.240. The summed E-state index contributed by atoms with van der Waals surface area (Å²) in [6.07, 6.45) is 1.38. The first kappa shape index (κ1) is 24.4. The Kier molecular flexibility index (Phi) is 5.71. The van der Waals surface area contributed by atoms with Crippen LogP contribution in [0.1, 0.15) is 30.0 Å². The number of hydrogen-bond acceptors (Lipinski definition) is 8. The van der Waals surface area contributed by atoms with Crippen LogP contribution in [0.3, 0.4) is 0 Å². The third-order valence-corrected chi connectivity index (χ3v) is 7.58. The van der Waals surface area contributed by atoms with Gasteiger partial charge in [-0.1, -0.05) is 29.8 Å². The highest BCUT2D eigenvalue weighted by atomic mass is 32.2. The summed E-state index contributed by atoms with van der Waals surface area (Å²) in [5, 5.41) is 15.8. The lowest BCUT2D eigenvalue weighted by atomic mass is 10.1. The molecule has 0 saturated heterocycles. The zero-order valence-corrected chi connectivity index (χ0v) is 21.0. The van der Waals surface area contributed by atoms with E-state index in [9.17, 15) is 28.1 Å². The average molecular weight is 523 g/mol. The molecular formula is C25H22N4O7S. The van der Waals surface area contributed by atoms with E-state index < -0.39 is 26.2 Å². The van der Waals surface area contributed by atoms with E-state index in [0.29, 0.717) is 18.4 Å². The SMILES string of the molecule is Cc1ccc(S(=O)(=O)Oc2c(C)c(=O)n(C)c3c(-c4cccc([N+](=O)[O-])c4)nn(C4CC4)c(=O)c23)cc1. The molecule has 0 N–H and O–H groups in total. The number of fused-ring (bicyclic) bond motifs is 1. The summed E-state index contributed by atoms with van der Waals surface area (Å²) in [6, 6.07) is 11.4. The van der Waals surface area contributed by atoms with Crippen molar-refractivity contribution in [2.75, 3.05) is 0 Å².